The van der Waals surface area contributed by atoms with Gasteiger partial charge in [0, 0.05) is 30.8 Å². The number of piperidine rings is 1. The number of nitrogens with one attached hydrogen (secondary N) is 1. The number of hydrogen-bond donors (Lipinski definition) is 2. The molecular weight excluding hydrogens is 531 g/mol. The van der Waals surface area contributed by atoms with Gasteiger partial charge in [-0.2, -0.15) is 0 Å². The van der Waals surface area contributed by atoms with E-state index >= 15 is 0 Å². The number of amides is 1. The number of ether oxygens (including phenoxy) is 3. The largest absolute Gasteiger partial charge is 0.493 e. The summed E-state index contributed by atoms with van der Waals surface area (Å²) in [4.78, 5) is 34.9. The van der Waals surface area contributed by atoms with Gasteiger partial charge in [0.25, 0.3) is 0 Å². The maximum atomic E-state index is 14.5. The summed E-state index contributed by atoms with van der Waals surface area (Å²) in [6.45, 7) is 6.75. The smallest absolute Gasteiger partial charge is 0.411 e. The molecule has 12 heteroatoms. The standard InChI is InChI=1S/C27H30ClFN4O6/c1-26(2,3)39-25(36)33-10-9-15(13-27(33,4)24(34)35)38-21-11-16-19(12-20(21)37-5)30-14-31-23(16)32-18-8-6-7-17(28)22(18)29/h6-8,11-12,14-15H,9-10,13H2,1-5H3,(H,34,35)(H,30,31,32)/t15-,27-/m0/s1. The van der Waals surface area contributed by atoms with Crippen molar-refractivity contribution in [3.8, 4) is 11.5 Å². The van der Waals surface area contributed by atoms with Gasteiger partial charge < -0.3 is 24.6 Å². The normalized spacial score (nSPS) is 19.5. The predicted octanol–water partition coefficient (Wildman–Crippen LogP) is 5.80. The first kappa shape index (κ1) is 28.2. The fourth-order valence-electron chi connectivity index (χ4n) is 4.41. The number of rotatable bonds is 6. The number of carbonyl (C=O) groups excluding carboxylic acids is 1. The minimum Gasteiger partial charge on any atom is -0.493 e. The molecule has 208 valence electrons. The molecule has 10 nitrogen and oxygen atoms in total. The topological polar surface area (TPSA) is 123 Å². The van der Waals surface area contributed by atoms with E-state index in [-0.39, 0.29) is 23.7 Å². The van der Waals surface area contributed by atoms with Gasteiger partial charge >= 0.3 is 12.1 Å². The highest BCUT2D eigenvalue weighted by Gasteiger charge is 2.49. The Morgan fingerprint density at radius 1 is 1.23 bits per heavy atom. The molecule has 2 heterocycles. The Morgan fingerprint density at radius 3 is 2.64 bits per heavy atom. The molecule has 2 atom stereocenters. The summed E-state index contributed by atoms with van der Waals surface area (Å²) in [6, 6.07) is 7.88. The number of halogens is 2. The Bertz CT molecular complexity index is 1420. The van der Waals surface area contributed by atoms with Gasteiger partial charge in [0.1, 0.15) is 29.4 Å². The molecular formula is C27H30ClFN4O6. The maximum absolute atomic E-state index is 14.5. The van der Waals surface area contributed by atoms with Crippen LogP contribution in [0, 0.1) is 5.82 Å². The first-order chi connectivity index (χ1) is 18.3. The van der Waals surface area contributed by atoms with Crippen LogP contribution in [0.15, 0.2) is 36.7 Å². The van der Waals surface area contributed by atoms with E-state index in [1.54, 1.807) is 39.0 Å². The fourth-order valence-corrected chi connectivity index (χ4v) is 4.59. The van der Waals surface area contributed by atoms with Crippen LogP contribution in [-0.4, -0.2) is 62.9 Å². The Kier molecular flexibility index (Phi) is 7.74. The number of benzene rings is 2. The zero-order valence-electron chi connectivity index (χ0n) is 22.2. The van der Waals surface area contributed by atoms with Gasteiger partial charge in [-0.3, -0.25) is 4.90 Å². The van der Waals surface area contributed by atoms with Crippen molar-refractivity contribution in [2.24, 2.45) is 0 Å². The molecule has 1 fully saturated rings. The molecule has 0 unspecified atom stereocenters. The van der Waals surface area contributed by atoms with Crippen LogP contribution < -0.4 is 14.8 Å². The third-order valence-electron chi connectivity index (χ3n) is 6.39. The summed E-state index contributed by atoms with van der Waals surface area (Å²) >= 11 is 5.92. The molecule has 0 saturated carbocycles. The second-order valence-corrected chi connectivity index (χ2v) is 10.8. The number of aromatic nitrogens is 2. The molecule has 0 bridgehead atoms. The van der Waals surface area contributed by atoms with Crippen LogP contribution in [0.5, 0.6) is 11.5 Å². The van der Waals surface area contributed by atoms with Gasteiger partial charge in [0.15, 0.2) is 17.3 Å². The lowest BCUT2D eigenvalue weighted by atomic mass is 9.87. The van der Waals surface area contributed by atoms with E-state index in [2.05, 4.69) is 15.3 Å². The molecule has 2 aromatic carbocycles. The van der Waals surface area contributed by atoms with E-state index in [1.165, 1.54) is 37.4 Å². The van der Waals surface area contributed by atoms with Crippen molar-refractivity contribution in [3.05, 3.63) is 47.5 Å². The molecule has 1 saturated heterocycles. The molecule has 3 aromatic rings. The van der Waals surface area contributed by atoms with Crippen molar-refractivity contribution in [3.63, 3.8) is 0 Å². The molecule has 0 radical (unpaired) electrons. The number of carboxylic acids is 1. The molecule has 1 aliphatic rings. The van der Waals surface area contributed by atoms with E-state index in [0.29, 0.717) is 34.6 Å². The van der Waals surface area contributed by atoms with Crippen LogP contribution in [0.25, 0.3) is 10.9 Å². The lowest BCUT2D eigenvalue weighted by Gasteiger charge is -2.44. The summed E-state index contributed by atoms with van der Waals surface area (Å²) in [5.41, 5.74) is -1.69. The number of anilines is 2. The van der Waals surface area contributed by atoms with Gasteiger partial charge in [-0.15, -0.1) is 0 Å². The molecule has 1 amide bonds. The van der Waals surface area contributed by atoms with Gasteiger partial charge in [-0.1, -0.05) is 17.7 Å². The van der Waals surface area contributed by atoms with Crippen LogP contribution in [0.3, 0.4) is 0 Å². The maximum Gasteiger partial charge on any atom is 0.411 e. The summed E-state index contributed by atoms with van der Waals surface area (Å²) in [6.07, 6.45) is 0.427. The SMILES string of the molecule is COc1cc2ncnc(Nc3cccc(Cl)c3F)c2cc1O[C@H]1CCN(C(=O)OC(C)(C)C)[C@](C)(C(=O)O)C1. The number of likely N-dealkylation sites (tertiary alicyclic amines) is 1. The summed E-state index contributed by atoms with van der Waals surface area (Å²) in [7, 11) is 1.47. The monoisotopic (exact) mass is 560 g/mol. The molecule has 1 aromatic heterocycles. The fraction of sp³-hybridized carbons (Fsp3) is 0.407. The van der Waals surface area contributed by atoms with Crippen molar-refractivity contribution < 1.29 is 33.3 Å². The number of carboxylic acid groups (broad SMARTS) is 1. The Morgan fingerprint density at radius 2 is 1.97 bits per heavy atom. The number of fused-ring (bicyclic) bond motifs is 1. The third-order valence-corrected chi connectivity index (χ3v) is 6.68. The first-order valence-electron chi connectivity index (χ1n) is 12.3. The summed E-state index contributed by atoms with van der Waals surface area (Å²) in [5.74, 6) is -0.800. The summed E-state index contributed by atoms with van der Waals surface area (Å²) < 4.78 is 31.8. The number of methoxy groups -OCH3 is 1. The predicted molar refractivity (Wildman–Crippen MR) is 143 cm³/mol. The minimum absolute atomic E-state index is 0.00684. The second kappa shape index (κ2) is 10.7. The number of aliphatic carboxylic acids is 1. The first-order valence-corrected chi connectivity index (χ1v) is 12.6. The van der Waals surface area contributed by atoms with E-state index in [4.69, 9.17) is 25.8 Å². The van der Waals surface area contributed by atoms with Crippen molar-refractivity contribution in [2.75, 3.05) is 19.0 Å². The van der Waals surface area contributed by atoms with Crippen molar-refractivity contribution in [2.45, 2.75) is 57.8 Å². The Hall–Kier alpha value is -3.86. The Labute approximate surface area is 230 Å². The highest BCUT2D eigenvalue weighted by molar-refractivity contribution is 6.31. The lowest BCUT2D eigenvalue weighted by molar-refractivity contribution is -0.154. The zero-order chi connectivity index (χ0) is 28.5. The highest BCUT2D eigenvalue weighted by Crippen LogP contribution is 2.39. The van der Waals surface area contributed by atoms with Crippen LogP contribution in [0.4, 0.5) is 20.7 Å². The molecule has 0 aliphatic carbocycles. The van der Waals surface area contributed by atoms with Crippen LogP contribution in [-0.2, 0) is 9.53 Å². The average molecular weight is 561 g/mol. The highest BCUT2D eigenvalue weighted by atomic mass is 35.5. The van der Waals surface area contributed by atoms with Gasteiger partial charge in [0.2, 0.25) is 0 Å². The Balaban J connectivity index is 1.64. The quantitative estimate of drug-likeness (QED) is 0.385. The van der Waals surface area contributed by atoms with Crippen LogP contribution >= 0.6 is 11.6 Å². The molecule has 39 heavy (non-hydrogen) atoms. The third kappa shape index (κ3) is 5.93. The van der Waals surface area contributed by atoms with Crippen LogP contribution in [0.1, 0.15) is 40.5 Å². The van der Waals surface area contributed by atoms with Gasteiger partial charge in [0.05, 0.1) is 23.3 Å². The minimum atomic E-state index is -1.56. The number of hydrogen-bond acceptors (Lipinski definition) is 8. The second-order valence-electron chi connectivity index (χ2n) is 10.4. The van der Waals surface area contributed by atoms with Crippen molar-refractivity contribution in [1.82, 2.24) is 14.9 Å². The van der Waals surface area contributed by atoms with Crippen molar-refractivity contribution in [1.29, 1.82) is 0 Å². The van der Waals surface area contributed by atoms with E-state index in [9.17, 15) is 19.1 Å². The van der Waals surface area contributed by atoms with E-state index < -0.39 is 35.1 Å². The van der Waals surface area contributed by atoms with Gasteiger partial charge in [-0.25, -0.2) is 23.9 Å². The number of nitrogens with zero attached hydrogens (tertiary/aromatic N) is 3. The summed E-state index contributed by atoms with van der Waals surface area (Å²) in [5, 5.41) is 13.5. The van der Waals surface area contributed by atoms with E-state index in [0.717, 1.165) is 0 Å². The van der Waals surface area contributed by atoms with Crippen molar-refractivity contribution >= 4 is 46.1 Å². The van der Waals surface area contributed by atoms with Crippen LogP contribution in [0.2, 0.25) is 5.02 Å². The molecule has 0 spiro atoms. The molecule has 1 aliphatic heterocycles. The number of carbonyl (C=O) groups is 2. The van der Waals surface area contributed by atoms with Gasteiger partial charge in [-0.05, 0) is 45.9 Å². The molecule has 4 rings (SSSR count). The van der Waals surface area contributed by atoms with E-state index in [1.807, 2.05) is 0 Å². The molecule has 2 N–H and O–H groups in total. The average Bonchev–Trinajstić information content (AvgIpc) is 2.85. The lowest BCUT2D eigenvalue weighted by Crippen LogP contribution is -2.61. The zero-order valence-corrected chi connectivity index (χ0v) is 23.0.